The average Bonchev–Trinajstić information content (AvgIpc) is 2.64. The fourth-order valence-corrected chi connectivity index (χ4v) is 4.17. The third-order valence-electron chi connectivity index (χ3n) is 3.70. The zero-order valence-corrected chi connectivity index (χ0v) is 12.0. The topological polar surface area (TPSA) is 101 Å². The highest BCUT2D eigenvalue weighted by Gasteiger charge is 2.46. The van der Waals surface area contributed by atoms with E-state index in [1.54, 1.807) is 13.8 Å². The van der Waals surface area contributed by atoms with Gasteiger partial charge < -0.3 is 5.11 Å². The van der Waals surface area contributed by atoms with Gasteiger partial charge in [0.1, 0.15) is 0 Å². The van der Waals surface area contributed by atoms with Crippen LogP contribution in [0.25, 0.3) is 0 Å². The van der Waals surface area contributed by atoms with E-state index in [1.165, 1.54) is 16.4 Å². The molecule has 8 heteroatoms. The maximum absolute atomic E-state index is 12.5. The van der Waals surface area contributed by atoms with Crippen LogP contribution < -0.4 is 0 Å². The molecule has 1 aromatic rings. The Morgan fingerprint density at radius 2 is 1.90 bits per heavy atom. The zero-order chi connectivity index (χ0) is 15.1. The van der Waals surface area contributed by atoms with Gasteiger partial charge in [0.05, 0.1) is 21.5 Å². The highest BCUT2D eigenvalue weighted by atomic mass is 32.2. The molecule has 7 nitrogen and oxygen atoms in total. The first kappa shape index (κ1) is 14.9. The van der Waals surface area contributed by atoms with Crippen molar-refractivity contribution in [3.8, 4) is 0 Å². The Morgan fingerprint density at radius 3 is 2.30 bits per heavy atom. The second-order valence-corrected chi connectivity index (χ2v) is 7.15. The molecular formula is C12H16N2O5S. The third-order valence-corrected chi connectivity index (χ3v) is 5.80. The monoisotopic (exact) mass is 300 g/mol. The van der Waals surface area contributed by atoms with Crippen molar-refractivity contribution in [2.24, 2.45) is 0 Å². The van der Waals surface area contributed by atoms with Crippen LogP contribution in [0.1, 0.15) is 20.3 Å². The summed E-state index contributed by atoms with van der Waals surface area (Å²) < 4.78 is 26.3. The molecule has 0 saturated carbocycles. The summed E-state index contributed by atoms with van der Waals surface area (Å²) in [5.41, 5.74) is -1.05. The van der Waals surface area contributed by atoms with Crippen molar-refractivity contribution < 1.29 is 18.4 Å². The Morgan fingerprint density at radius 1 is 1.35 bits per heavy atom. The molecule has 2 rings (SSSR count). The predicted molar refractivity (Wildman–Crippen MR) is 71.7 cm³/mol. The molecule has 1 atom stereocenters. The Hall–Kier alpha value is -1.51. The van der Waals surface area contributed by atoms with E-state index in [9.17, 15) is 23.6 Å². The molecule has 110 valence electrons. The summed E-state index contributed by atoms with van der Waals surface area (Å²) in [6.45, 7) is 3.55. The minimum Gasteiger partial charge on any atom is -0.391 e. The average molecular weight is 300 g/mol. The first-order valence-electron chi connectivity index (χ1n) is 6.13. The second-order valence-electron chi connectivity index (χ2n) is 5.29. The molecule has 0 amide bonds. The number of nitro benzene ring substituents is 1. The van der Waals surface area contributed by atoms with Crippen LogP contribution >= 0.6 is 0 Å². The number of hydrogen-bond acceptors (Lipinski definition) is 5. The summed E-state index contributed by atoms with van der Waals surface area (Å²) in [7, 11) is -3.77. The van der Waals surface area contributed by atoms with Crippen molar-refractivity contribution >= 4 is 15.7 Å². The lowest BCUT2D eigenvalue weighted by molar-refractivity contribution is -0.384. The highest BCUT2D eigenvalue weighted by molar-refractivity contribution is 7.89. The van der Waals surface area contributed by atoms with Crippen molar-refractivity contribution in [1.82, 2.24) is 4.31 Å². The Bertz CT molecular complexity index is 624. The Labute approximate surface area is 117 Å². The molecule has 20 heavy (non-hydrogen) atoms. The van der Waals surface area contributed by atoms with Crippen LogP contribution in [0, 0.1) is 10.1 Å². The van der Waals surface area contributed by atoms with E-state index in [0.29, 0.717) is 6.42 Å². The van der Waals surface area contributed by atoms with Gasteiger partial charge in [-0.3, -0.25) is 10.1 Å². The van der Waals surface area contributed by atoms with Gasteiger partial charge in [0.25, 0.3) is 5.69 Å². The van der Waals surface area contributed by atoms with Crippen molar-refractivity contribution in [3.63, 3.8) is 0 Å². The first-order chi connectivity index (χ1) is 9.17. The van der Waals surface area contributed by atoms with Crippen LogP contribution in [0.5, 0.6) is 0 Å². The van der Waals surface area contributed by atoms with Gasteiger partial charge in [-0.15, -0.1) is 0 Å². The van der Waals surface area contributed by atoms with E-state index >= 15 is 0 Å². The molecule has 0 aromatic heterocycles. The van der Waals surface area contributed by atoms with Gasteiger partial charge >= 0.3 is 0 Å². The van der Waals surface area contributed by atoms with Crippen molar-refractivity contribution in [2.75, 3.05) is 6.54 Å². The van der Waals surface area contributed by atoms with E-state index in [-0.39, 0.29) is 17.1 Å². The molecule has 0 spiro atoms. The number of nitrogens with zero attached hydrogens (tertiary/aromatic N) is 2. The van der Waals surface area contributed by atoms with Gasteiger partial charge in [0, 0.05) is 18.7 Å². The number of non-ortho nitro benzene ring substituents is 1. The van der Waals surface area contributed by atoms with Gasteiger partial charge in [-0.05, 0) is 32.4 Å². The number of sulfonamides is 1. The zero-order valence-electron chi connectivity index (χ0n) is 11.2. The fraction of sp³-hybridized carbons (Fsp3) is 0.500. The molecule has 1 aliphatic rings. The molecule has 1 saturated heterocycles. The molecule has 0 radical (unpaired) electrons. The maximum Gasteiger partial charge on any atom is 0.269 e. The quantitative estimate of drug-likeness (QED) is 0.666. The Kier molecular flexibility index (Phi) is 3.57. The van der Waals surface area contributed by atoms with Gasteiger partial charge in [-0.2, -0.15) is 4.31 Å². The molecule has 1 unspecified atom stereocenters. The number of nitro groups is 1. The number of aliphatic hydroxyl groups excluding tert-OH is 1. The SMILES string of the molecule is CC1(C)C(O)CCN1S(=O)(=O)c1ccc([N+](=O)[O-])cc1. The largest absolute Gasteiger partial charge is 0.391 e. The van der Waals surface area contributed by atoms with Crippen LogP contribution in [0.3, 0.4) is 0 Å². The van der Waals surface area contributed by atoms with Crippen LogP contribution in [-0.4, -0.2) is 40.9 Å². The summed E-state index contributed by atoms with van der Waals surface area (Å²) in [6.07, 6.45) is -0.352. The van der Waals surface area contributed by atoms with Gasteiger partial charge in [-0.25, -0.2) is 8.42 Å². The van der Waals surface area contributed by atoms with E-state index < -0.39 is 26.6 Å². The fourth-order valence-electron chi connectivity index (χ4n) is 2.34. The van der Waals surface area contributed by atoms with E-state index in [4.69, 9.17) is 0 Å². The molecule has 0 aliphatic carbocycles. The lowest BCUT2D eigenvalue weighted by Gasteiger charge is -2.32. The molecule has 1 aliphatic heterocycles. The smallest absolute Gasteiger partial charge is 0.269 e. The first-order valence-corrected chi connectivity index (χ1v) is 7.57. The molecule has 1 fully saturated rings. The maximum atomic E-state index is 12.5. The van der Waals surface area contributed by atoms with Gasteiger partial charge in [0.2, 0.25) is 10.0 Å². The van der Waals surface area contributed by atoms with Crippen molar-refractivity contribution in [2.45, 2.75) is 36.8 Å². The highest BCUT2D eigenvalue weighted by Crippen LogP contribution is 2.34. The normalized spacial score (nSPS) is 22.9. The summed E-state index contributed by atoms with van der Waals surface area (Å²) in [5, 5.41) is 20.4. The van der Waals surface area contributed by atoms with E-state index in [2.05, 4.69) is 0 Å². The number of hydrogen-bond donors (Lipinski definition) is 1. The lowest BCUT2D eigenvalue weighted by Crippen LogP contribution is -2.47. The third kappa shape index (κ3) is 2.30. The second kappa shape index (κ2) is 4.80. The van der Waals surface area contributed by atoms with Crippen molar-refractivity contribution in [3.05, 3.63) is 34.4 Å². The summed E-state index contributed by atoms with van der Waals surface area (Å²) >= 11 is 0. The Balaban J connectivity index is 2.38. The molecule has 0 bridgehead atoms. The van der Waals surface area contributed by atoms with Crippen LogP contribution in [0.4, 0.5) is 5.69 Å². The standard InChI is InChI=1S/C12H16N2O5S/c1-12(2)11(15)7-8-13(12)20(18,19)10-5-3-9(4-6-10)14(16)17/h3-6,11,15H,7-8H2,1-2H3. The molecule has 1 heterocycles. The van der Waals surface area contributed by atoms with Gasteiger partial charge in [-0.1, -0.05) is 0 Å². The van der Waals surface area contributed by atoms with E-state index in [1.807, 2.05) is 0 Å². The molecule has 1 aromatic carbocycles. The summed E-state index contributed by atoms with van der Waals surface area (Å²) in [4.78, 5) is 9.98. The predicted octanol–water partition coefficient (Wildman–Crippen LogP) is 1.13. The summed E-state index contributed by atoms with van der Waals surface area (Å²) in [5.74, 6) is 0. The van der Waals surface area contributed by atoms with Crippen LogP contribution in [0.15, 0.2) is 29.2 Å². The van der Waals surface area contributed by atoms with Crippen molar-refractivity contribution in [1.29, 1.82) is 0 Å². The number of benzene rings is 1. The molecule has 1 N–H and O–H groups in total. The number of aliphatic hydroxyl groups is 1. The lowest BCUT2D eigenvalue weighted by atomic mass is 10.0. The minimum absolute atomic E-state index is 0.00900. The minimum atomic E-state index is -3.77. The van der Waals surface area contributed by atoms with Gasteiger partial charge in [0.15, 0.2) is 0 Å². The summed E-state index contributed by atoms with van der Waals surface area (Å²) in [6, 6.07) is 4.75. The van der Waals surface area contributed by atoms with E-state index in [0.717, 1.165) is 12.1 Å². The van der Waals surface area contributed by atoms with Crippen LogP contribution in [0.2, 0.25) is 0 Å². The number of rotatable bonds is 3. The molecular weight excluding hydrogens is 284 g/mol. The van der Waals surface area contributed by atoms with Crippen LogP contribution in [-0.2, 0) is 10.0 Å².